The molecule has 0 unspecified atom stereocenters. The molecule has 0 saturated heterocycles. The van der Waals surface area contributed by atoms with E-state index in [1.165, 1.54) is 12.3 Å². The molecule has 3 aromatic carbocycles. The van der Waals surface area contributed by atoms with E-state index >= 15 is 0 Å². The molecule has 1 aromatic heterocycles. The van der Waals surface area contributed by atoms with E-state index < -0.39 is 0 Å². The van der Waals surface area contributed by atoms with Crippen LogP contribution >= 0.6 is 11.6 Å². The summed E-state index contributed by atoms with van der Waals surface area (Å²) in [7, 11) is 0. The van der Waals surface area contributed by atoms with Crippen LogP contribution in [0, 0.1) is 6.92 Å². The number of hydrogen-bond donors (Lipinski definition) is 4. The molecule has 9 heteroatoms. The summed E-state index contributed by atoms with van der Waals surface area (Å²) in [6, 6.07) is 20.6. The zero-order valence-corrected chi connectivity index (χ0v) is 21.1. The van der Waals surface area contributed by atoms with E-state index in [9.17, 15) is 9.59 Å². The van der Waals surface area contributed by atoms with Gasteiger partial charge in [0.2, 0.25) is 11.9 Å². The molecule has 2 heterocycles. The maximum absolute atomic E-state index is 12.7. The number of nitrogens with one attached hydrogen (secondary N) is 4. The van der Waals surface area contributed by atoms with E-state index in [1.807, 2.05) is 61.5 Å². The summed E-state index contributed by atoms with van der Waals surface area (Å²) in [6.45, 7) is 5.49. The summed E-state index contributed by atoms with van der Waals surface area (Å²) >= 11 is 6.36. The van der Waals surface area contributed by atoms with Crippen LogP contribution in [-0.2, 0) is 9.59 Å². The highest BCUT2D eigenvalue weighted by Gasteiger charge is 2.24. The van der Waals surface area contributed by atoms with Gasteiger partial charge in [-0.2, -0.15) is 4.98 Å². The summed E-state index contributed by atoms with van der Waals surface area (Å²) in [4.78, 5) is 33.3. The first-order valence-electron chi connectivity index (χ1n) is 11.7. The SMILES string of the molecule is C=CC(=O)Nc1ccccc1Nc1nc(Nc2ccc3c(c2)/C(=C/c2ccccc2C)C(=O)N3)ncc1Cl. The number of aromatic nitrogens is 2. The Morgan fingerprint density at radius 3 is 2.58 bits per heavy atom. The number of anilines is 6. The van der Waals surface area contributed by atoms with Crippen molar-refractivity contribution in [1.82, 2.24) is 9.97 Å². The molecule has 0 atom stereocenters. The lowest BCUT2D eigenvalue weighted by Gasteiger charge is -2.14. The average molecular weight is 523 g/mol. The lowest BCUT2D eigenvalue weighted by molar-refractivity contribution is -0.112. The van der Waals surface area contributed by atoms with Crippen molar-refractivity contribution in [2.24, 2.45) is 0 Å². The summed E-state index contributed by atoms with van der Waals surface area (Å²) < 4.78 is 0. The van der Waals surface area contributed by atoms with Gasteiger partial charge in [0, 0.05) is 22.5 Å². The lowest BCUT2D eigenvalue weighted by Crippen LogP contribution is -2.09. The Hall–Kier alpha value is -4.95. The van der Waals surface area contributed by atoms with E-state index in [1.54, 1.807) is 18.2 Å². The van der Waals surface area contributed by atoms with Gasteiger partial charge in [-0.05, 0) is 60.5 Å². The van der Waals surface area contributed by atoms with Gasteiger partial charge in [-0.1, -0.05) is 54.6 Å². The van der Waals surface area contributed by atoms with Gasteiger partial charge in [0.25, 0.3) is 5.91 Å². The number of aryl methyl sites for hydroxylation is 1. The van der Waals surface area contributed by atoms with Gasteiger partial charge < -0.3 is 21.3 Å². The third-order valence-electron chi connectivity index (χ3n) is 5.91. The van der Waals surface area contributed by atoms with Crippen LogP contribution in [-0.4, -0.2) is 21.8 Å². The number of para-hydroxylation sites is 2. The standard InChI is InChI=1S/C29H23ClN6O2/c1-3-26(37)33-24-10-6-7-11-25(24)34-27-22(30)16-31-29(36-27)32-19-12-13-23-20(15-19)21(28(38)35-23)14-18-9-5-4-8-17(18)2/h3-16H,1H2,2H3,(H,33,37)(H,35,38)(H2,31,32,34,36)/b21-14-. The lowest BCUT2D eigenvalue weighted by atomic mass is 10.0. The van der Waals surface area contributed by atoms with Crippen LogP contribution in [0.4, 0.5) is 34.5 Å². The van der Waals surface area contributed by atoms with E-state index in [-0.39, 0.29) is 11.8 Å². The van der Waals surface area contributed by atoms with Gasteiger partial charge in [-0.15, -0.1) is 0 Å². The van der Waals surface area contributed by atoms with Crippen LogP contribution in [0.2, 0.25) is 5.02 Å². The summed E-state index contributed by atoms with van der Waals surface area (Å²) in [5, 5.41) is 12.3. The molecule has 0 radical (unpaired) electrons. The molecule has 0 spiro atoms. The molecular weight excluding hydrogens is 500 g/mol. The summed E-state index contributed by atoms with van der Waals surface area (Å²) in [6.07, 6.45) is 4.56. The van der Waals surface area contributed by atoms with E-state index in [0.717, 1.165) is 22.4 Å². The van der Waals surface area contributed by atoms with Gasteiger partial charge in [-0.3, -0.25) is 9.59 Å². The molecule has 0 aliphatic carbocycles. The minimum atomic E-state index is -0.337. The Bertz CT molecular complexity index is 1610. The van der Waals surface area contributed by atoms with Crippen LogP contribution in [0.3, 0.4) is 0 Å². The zero-order valence-electron chi connectivity index (χ0n) is 20.4. The van der Waals surface area contributed by atoms with E-state index in [4.69, 9.17) is 11.6 Å². The third-order valence-corrected chi connectivity index (χ3v) is 6.19. The monoisotopic (exact) mass is 522 g/mol. The van der Waals surface area contributed by atoms with Crippen LogP contribution in [0.25, 0.3) is 11.6 Å². The highest BCUT2D eigenvalue weighted by atomic mass is 35.5. The maximum atomic E-state index is 12.7. The first kappa shape index (κ1) is 24.7. The molecule has 8 nitrogen and oxygen atoms in total. The number of amides is 2. The van der Waals surface area contributed by atoms with Crippen LogP contribution in [0.15, 0.2) is 85.6 Å². The van der Waals surface area contributed by atoms with Crippen LogP contribution in [0.1, 0.15) is 16.7 Å². The second-order valence-corrected chi connectivity index (χ2v) is 8.92. The maximum Gasteiger partial charge on any atom is 0.256 e. The molecule has 4 aromatic rings. The largest absolute Gasteiger partial charge is 0.337 e. The van der Waals surface area contributed by atoms with Crippen molar-refractivity contribution < 1.29 is 9.59 Å². The molecule has 2 amide bonds. The van der Waals surface area contributed by atoms with Gasteiger partial charge in [-0.25, -0.2) is 4.98 Å². The topological polar surface area (TPSA) is 108 Å². The molecule has 188 valence electrons. The molecule has 38 heavy (non-hydrogen) atoms. The Morgan fingerprint density at radius 1 is 1.03 bits per heavy atom. The quantitative estimate of drug-likeness (QED) is 0.205. The summed E-state index contributed by atoms with van der Waals surface area (Å²) in [5.74, 6) is 0.154. The van der Waals surface area contributed by atoms with Crippen molar-refractivity contribution >= 4 is 69.6 Å². The predicted molar refractivity (Wildman–Crippen MR) is 153 cm³/mol. The molecule has 1 aliphatic heterocycles. The molecule has 5 rings (SSSR count). The van der Waals surface area contributed by atoms with Crippen molar-refractivity contribution in [1.29, 1.82) is 0 Å². The predicted octanol–water partition coefficient (Wildman–Crippen LogP) is 6.54. The molecule has 4 N–H and O–H groups in total. The van der Waals surface area contributed by atoms with Gasteiger partial charge >= 0.3 is 0 Å². The smallest absolute Gasteiger partial charge is 0.256 e. The first-order valence-corrected chi connectivity index (χ1v) is 12.1. The Kier molecular flexibility index (Phi) is 6.88. The Morgan fingerprint density at radius 2 is 1.79 bits per heavy atom. The fourth-order valence-corrected chi connectivity index (χ4v) is 4.11. The van der Waals surface area contributed by atoms with Crippen molar-refractivity contribution in [3.8, 4) is 0 Å². The first-order chi connectivity index (χ1) is 18.4. The number of fused-ring (bicyclic) bond motifs is 1. The van der Waals surface area contributed by atoms with Crippen molar-refractivity contribution in [3.05, 3.63) is 107 Å². The van der Waals surface area contributed by atoms with Gasteiger partial charge in [0.1, 0.15) is 5.02 Å². The molecule has 0 saturated carbocycles. The summed E-state index contributed by atoms with van der Waals surface area (Å²) in [5.41, 5.74) is 5.99. The van der Waals surface area contributed by atoms with Crippen molar-refractivity contribution in [3.63, 3.8) is 0 Å². The van der Waals surface area contributed by atoms with Crippen LogP contribution < -0.4 is 21.3 Å². The fourth-order valence-electron chi connectivity index (χ4n) is 3.97. The zero-order chi connectivity index (χ0) is 26.6. The number of carbonyl (C=O) groups excluding carboxylic acids is 2. The number of benzene rings is 3. The molecular formula is C29H23ClN6O2. The second-order valence-electron chi connectivity index (χ2n) is 8.51. The fraction of sp³-hybridized carbons (Fsp3) is 0.0345. The van der Waals surface area contributed by atoms with Crippen LogP contribution in [0.5, 0.6) is 0 Å². The average Bonchev–Trinajstić information content (AvgIpc) is 3.22. The minimum absolute atomic E-state index is 0.156. The molecule has 0 fully saturated rings. The molecule has 1 aliphatic rings. The number of halogens is 1. The number of carbonyl (C=O) groups is 2. The van der Waals surface area contributed by atoms with Gasteiger partial charge in [0.05, 0.1) is 17.6 Å². The highest BCUT2D eigenvalue weighted by molar-refractivity contribution is 6.35. The highest BCUT2D eigenvalue weighted by Crippen LogP contribution is 2.36. The minimum Gasteiger partial charge on any atom is -0.337 e. The number of nitrogens with zero attached hydrogens (tertiary/aromatic N) is 2. The normalized spacial score (nSPS) is 13.0. The molecule has 0 bridgehead atoms. The van der Waals surface area contributed by atoms with Crippen molar-refractivity contribution in [2.45, 2.75) is 6.92 Å². The van der Waals surface area contributed by atoms with Gasteiger partial charge in [0.15, 0.2) is 5.82 Å². The van der Waals surface area contributed by atoms with Crippen molar-refractivity contribution in [2.75, 3.05) is 21.3 Å². The second kappa shape index (κ2) is 10.6. The Balaban J connectivity index is 1.41. The third kappa shape index (κ3) is 5.25. The number of rotatable bonds is 7. The van der Waals surface area contributed by atoms with E-state index in [0.29, 0.717) is 39.4 Å². The number of hydrogen-bond acceptors (Lipinski definition) is 6. The Labute approximate surface area is 224 Å². The van der Waals surface area contributed by atoms with E-state index in [2.05, 4.69) is 37.8 Å².